The molecule has 0 amide bonds. The van der Waals surface area contributed by atoms with Gasteiger partial charge in [0.05, 0.1) is 0 Å². The minimum Gasteiger partial charge on any atom is -0.329 e. The lowest BCUT2D eigenvalue weighted by molar-refractivity contribution is 0.215. The van der Waals surface area contributed by atoms with Gasteiger partial charge in [-0.1, -0.05) is 49.5 Å². The van der Waals surface area contributed by atoms with Crippen LogP contribution in [0.3, 0.4) is 0 Å². The normalized spacial score (nSPS) is 14.8. The van der Waals surface area contributed by atoms with Gasteiger partial charge in [0.15, 0.2) is 0 Å². The Morgan fingerprint density at radius 2 is 1.83 bits per heavy atom. The smallest absolute Gasteiger partial charge is 0.0497 e. The second kappa shape index (κ2) is 7.34. The predicted octanol–water partition coefficient (Wildman–Crippen LogP) is 3.97. The number of benzene rings is 1. The summed E-state index contributed by atoms with van der Waals surface area (Å²) in [5.41, 5.74) is 6.84. The number of halogens is 2. The molecule has 2 N–H and O–H groups in total. The molecule has 2 unspecified atom stereocenters. The van der Waals surface area contributed by atoms with Gasteiger partial charge in [-0.05, 0) is 25.1 Å². The Labute approximate surface area is 120 Å². The van der Waals surface area contributed by atoms with Crippen LogP contribution in [0, 0.1) is 5.92 Å². The third-order valence-electron chi connectivity index (χ3n) is 3.38. The van der Waals surface area contributed by atoms with E-state index in [0.717, 1.165) is 18.5 Å². The van der Waals surface area contributed by atoms with Crippen molar-refractivity contribution in [2.45, 2.75) is 26.3 Å². The fourth-order valence-corrected chi connectivity index (χ4v) is 2.74. The van der Waals surface area contributed by atoms with Gasteiger partial charge in [0.2, 0.25) is 0 Å². The van der Waals surface area contributed by atoms with E-state index in [1.807, 2.05) is 18.2 Å². The molecule has 4 heteroatoms. The largest absolute Gasteiger partial charge is 0.329 e. The summed E-state index contributed by atoms with van der Waals surface area (Å²) in [5.74, 6) is 0.630. The highest BCUT2D eigenvalue weighted by molar-refractivity contribution is 6.36. The van der Waals surface area contributed by atoms with E-state index in [4.69, 9.17) is 28.9 Å². The molecule has 1 rings (SSSR count). The lowest BCUT2D eigenvalue weighted by Crippen LogP contribution is -2.34. The number of likely N-dealkylation sites (N-methyl/N-ethyl adjacent to an activating group) is 1. The molecule has 0 saturated carbocycles. The van der Waals surface area contributed by atoms with Crippen molar-refractivity contribution in [1.82, 2.24) is 4.90 Å². The summed E-state index contributed by atoms with van der Waals surface area (Å²) in [6, 6.07) is 5.65. The van der Waals surface area contributed by atoms with E-state index < -0.39 is 0 Å². The summed E-state index contributed by atoms with van der Waals surface area (Å²) in [6.07, 6.45) is 1.15. The summed E-state index contributed by atoms with van der Waals surface area (Å²) < 4.78 is 0. The number of hydrogen-bond donors (Lipinski definition) is 1. The van der Waals surface area contributed by atoms with Gasteiger partial charge in [0.1, 0.15) is 0 Å². The first kappa shape index (κ1) is 15.8. The Morgan fingerprint density at radius 1 is 1.28 bits per heavy atom. The van der Waals surface area contributed by atoms with E-state index in [0.29, 0.717) is 22.5 Å². The van der Waals surface area contributed by atoms with Crippen molar-refractivity contribution in [1.29, 1.82) is 0 Å². The highest BCUT2D eigenvalue weighted by Gasteiger charge is 2.21. The molecule has 0 saturated heterocycles. The van der Waals surface area contributed by atoms with E-state index in [1.165, 1.54) is 0 Å². The van der Waals surface area contributed by atoms with E-state index in [1.54, 1.807) is 0 Å². The van der Waals surface area contributed by atoms with Gasteiger partial charge in [-0.15, -0.1) is 0 Å². The van der Waals surface area contributed by atoms with Crippen molar-refractivity contribution in [3.8, 4) is 0 Å². The van der Waals surface area contributed by atoms with Gasteiger partial charge in [-0.25, -0.2) is 0 Å². The third-order valence-corrected chi connectivity index (χ3v) is 4.04. The molecule has 2 nitrogen and oxygen atoms in total. The molecule has 1 aromatic carbocycles. The molecule has 1 aromatic rings. The Hall–Kier alpha value is -0.280. The maximum Gasteiger partial charge on any atom is 0.0497 e. The molecule has 0 aromatic heterocycles. The van der Waals surface area contributed by atoms with E-state index >= 15 is 0 Å². The quantitative estimate of drug-likeness (QED) is 0.858. The van der Waals surface area contributed by atoms with Crippen molar-refractivity contribution in [3.63, 3.8) is 0 Å². The third kappa shape index (κ3) is 3.86. The van der Waals surface area contributed by atoms with Gasteiger partial charge in [0, 0.05) is 34.7 Å². The van der Waals surface area contributed by atoms with Crippen molar-refractivity contribution < 1.29 is 0 Å². The minimum atomic E-state index is 0.0696. The van der Waals surface area contributed by atoms with Crippen molar-refractivity contribution >= 4 is 23.2 Å². The van der Waals surface area contributed by atoms with Gasteiger partial charge in [-0.2, -0.15) is 0 Å². The average Bonchev–Trinajstić information content (AvgIpc) is 2.33. The fourth-order valence-electron chi connectivity index (χ4n) is 2.10. The lowest BCUT2D eigenvalue weighted by Gasteiger charge is -2.30. The summed E-state index contributed by atoms with van der Waals surface area (Å²) in [6.45, 7) is 5.92. The molecule has 0 fully saturated rings. The monoisotopic (exact) mass is 288 g/mol. The van der Waals surface area contributed by atoms with Crippen LogP contribution in [0.15, 0.2) is 18.2 Å². The Balaban J connectivity index is 2.95. The zero-order valence-corrected chi connectivity index (χ0v) is 12.8. The zero-order valence-electron chi connectivity index (χ0n) is 11.3. The molecule has 18 heavy (non-hydrogen) atoms. The lowest BCUT2D eigenvalue weighted by atomic mass is 10.0. The molecular weight excluding hydrogens is 267 g/mol. The Morgan fingerprint density at radius 3 is 2.28 bits per heavy atom. The Kier molecular flexibility index (Phi) is 6.44. The van der Waals surface area contributed by atoms with Crippen molar-refractivity contribution in [2.24, 2.45) is 11.7 Å². The molecule has 0 aliphatic carbocycles. The molecule has 0 spiro atoms. The second-order valence-electron chi connectivity index (χ2n) is 4.84. The average molecular weight is 289 g/mol. The van der Waals surface area contributed by atoms with Crippen LogP contribution < -0.4 is 5.73 Å². The molecule has 0 radical (unpaired) electrons. The first-order valence-corrected chi connectivity index (χ1v) is 7.11. The highest BCUT2D eigenvalue weighted by atomic mass is 35.5. The molecule has 0 aliphatic heterocycles. The van der Waals surface area contributed by atoms with Crippen molar-refractivity contribution in [2.75, 3.05) is 20.1 Å². The SMILES string of the molecule is CCC(C)CN(C)C(CN)c1c(Cl)cccc1Cl. The molecule has 0 aliphatic rings. The van der Waals surface area contributed by atoms with Crippen LogP contribution >= 0.6 is 23.2 Å². The summed E-state index contributed by atoms with van der Waals surface area (Å²) in [7, 11) is 2.07. The standard InChI is InChI=1S/C14H22Cl2N2/c1-4-10(2)9-18(3)13(8-17)14-11(15)6-5-7-12(14)16/h5-7,10,13H,4,8-9,17H2,1-3H3. The molecule has 102 valence electrons. The summed E-state index contributed by atoms with van der Waals surface area (Å²) in [4.78, 5) is 2.24. The first-order chi connectivity index (χ1) is 8.51. The van der Waals surface area contributed by atoms with Crippen LogP contribution in [0.5, 0.6) is 0 Å². The van der Waals surface area contributed by atoms with Gasteiger partial charge in [-0.3, -0.25) is 4.90 Å². The Bertz CT molecular complexity index is 362. The van der Waals surface area contributed by atoms with Crippen LogP contribution in [0.1, 0.15) is 31.9 Å². The summed E-state index contributed by atoms with van der Waals surface area (Å²) >= 11 is 12.5. The van der Waals surface area contributed by atoms with Crippen LogP contribution in [0.2, 0.25) is 10.0 Å². The van der Waals surface area contributed by atoms with Gasteiger partial charge < -0.3 is 5.73 Å². The number of nitrogens with zero attached hydrogens (tertiary/aromatic N) is 1. The van der Waals surface area contributed by atoms with Gasteiger partial charge >= 0.3 is 0 Å². The van der Waals surface area contributed by atoms with Crippen molar-refractivity contribution in [3.05, 3.63) is 33.8 Å². The molecule has 2 atom stereocenters. The highest BCUT2D eigenvalue weighted by Crippen LogP contribution is 2.32. The molecular formula is C14H22Cl2N2. The number of hydrogen-bond acceptors (Lipinski definition) is 2. The maximum absolute atomic E-state index is 6.25. The number of nitrogens with two attached hydrogens (primary N) is 1. The van der Waals surface area contributed by atoms with Crippen LogP contribution in [-0.2, 0) is 0 Å². The van der Waals surface area contributed by atoms with Gasteiger partial charge in [0.25, 0.3) is 0 Å². The van der Waals surface area contributed by atoms with E-state index in [2.05, 4.69) is 25.8 Å². The molecule has 0 bridgehead atoms. The topological polar surface area (TPSA) is 29.3 Å². The maximum atomic E-state index is 6.25. The van der Waals surface area contributed by atoms with E-state index in [-0.39, 0.29) is 6.04 Å². The van der Waals surface area contributed by atoms with E-state index in [9.17, 15) is 0 Å². The zero-order chi connectivity index (χ0) is 13.7. The summed E-state index contributed by atoms with van der Waals surface area (Å²) in [5, 5.41) is 1.38. The fraction of sp³-hybridized carbons (Fsp3) is 0.571. The molecule has 0 heterocycles. The minimum absolute atomic E-state index is 0.0696. The predicted molar refractivity (Wildman–Crippen MR) is 80.3 cm³/mol. The first-order valence-electron chi connectivity index (χ1n) is 6.35. The van der Waals surface area contributed by atoms with Crippen LogP contribution in [0.25, 0.3) is 0 Å². The van der Waals surface area contributed by atoms with Crippen LogP contribution in [-0.4, -0.2) is 25.0 Å². The van der Waals surface area contributed by atoms with Crippen LogP contribution in [0.4, 0.5) is 0 Å². The second-order valence-corrected chi connectivity index (χ2v) is 5.65. The number of rotatable bonds is 6.